The summed E-state index contributed by atoms with van der Waals surface area (Å²) in [6.45, 7) is 0. The third-order valence-electron chi connectivity index (χ3n) is 2.91. The first kappa shape index (κ1) is 13.1. The monoisotopic (exact) mass is 259 g/mol. The minimum Gasteiger partial charge on any atom is -0.497 e. The molecule has 19 heavy (non-hydrogen) atoms. The van der Waals surface area contributed by atoms with Gasteiger partial charge in [-0.25, -0.2) is 4.39 Å². The number of hydrogen-bond donors (Lipinski definition) is 1. The number of amides is 1. The predicted octanol–water partition coefficient (Wildman–Crippen LogP) is 2.45. The molecular weight excluding hydrogens is 245 g/mol. The Morgan fingerprint density at radius 3 is 2.42 bits per heavy atom. The first-order chi connectivity index (χ1) is 9.11. The van der Waals surface area contributed by atoms with Crippen molar-refractivity contribution in [2.24, 2.45) is 5.73 Å². The van der Waals surface area contributed by atoms with Gasteiger partial charge in [-0.2, -0.15) is 0 Å². The Labute approximate surface area is 110 Å². The second-order valence-electron chi connectivity index (χ2n) is 4.16. The fourth-order valence-corrected chi connectivity index (χ4v) is 2.00. The van der Waals surface area contributed by atoms with Gasteiger partial charge in [0.25, 0.3) is 0 Å². The third-order valence-corrected chi connectivity index (χ3v) is 2.91. The molecule has 2 rings (SSSR count). The molecule has 3 nitrogen and oxygen atoms in total. The van der Waals surface area contributed by atoms with Gasteiger partial charge in [-0.05, 0) is 35.4 Å². The lowest BCUT2D eigenvalue weighted by molar-refractivity contribution is -0.118. The molecule has 0 bridgehead atoms. The molecule has 2 aromatic carbocycles. The molecule has 0 spiro atoms. The van der Waals surface area contributed by atoms with Crippen LogP contribution in [0.4, 0.5) is 4.39 Å². The van der Waals surface area contributed by atoms with Crippen molar-refractivity contribution in [1.29, 1.82) is 0 Å². The van der Waals surface area contributed by atoms with E-state index in [9.17, 15) is 9.18 Å². The fourth-order valence-electron chi connectivity index (χ4n) is 2.00. The van der Waals surface area contributed by atoms with E-state index in [-0.39, 0.29) is 5.82 Å². The van der Waals surface area contributed by atoms with Gasteiger partial charge in [0.2, 0.25) is 5.91 Å². The van der Waals surface area contributed by atoms with Crippen molar-refractivity contribution in [3.63, 3.8) is 0 Å². The molecule has 2 N–H and O–H groups in total. The minimum atomic E-state index is -0.615. The van der Waals surface area contributed by atoms with Crippen molar-refractivity contribution in [1.82, 2.24) is 0 Å². The van der Waals surface area contributed by atoms with E-state index in [1.165, 1.54) is 12.1 Å². The molecule has 4 heteroatoms. The standard InChI is InChI=1S/C15H14FNO2/c1-19-13-4-2-3-11(9-13)14(15(17)18)10-5-7-12(16)8-6-10/h2-9,14H,1H3,(H2,17,18). The quantitative estimate of drug-likeness (QED) is 0.917. The Hall–Kier alpha value is -2.36. The highest BCUT2D eigenvalue weighted by molar-refractivity contribution is 5.85. The Balaban J connectivity index is 2.45. The first-order valence-corrected chi connectivity index (χ1v) is 5.80. The molecule has 0 aromatic heterocycles. The number of carbonyl (C=O) groups is 1. The first-order valence-electron chi connectivity index (χ1n) is 5.80. The molecule has 0 saturated heterocycles. The van der Waals surface area contributed by atoms with Crippen LogP contribution < -0.4 is 10.5 Å². The number of hydrogen-bond acceptors (Lipinski definition) is 2. The summed E-state index contributed by atoms with van der Waals surface area (Å²) < 4.78 is 18.1. The van der Waals surface area contributed by atoms with E-state index >= 15 is 0 Å². The largest absolute Gasteiger partial charge is 0.497 e. The van der Waals surface area contributed by atoms with Gasteiger partial charge in [0.1, 0.15) is 11.6 Å². The second kappa shape index (κ2) is 5.52. The van der Waals surface area contributed by atoms with Gasteiger partial charge in [0, 0.05) is 0 Å². The average molecular weight is 259 g/mol. The third kappa shape index (κ3) is 2.91. The number of ether oxygens (including phenoxy) is 1. The molecule has 0 aliphatic rings. The zero-order valence-electron chi connectivity index (χ0n) is 10.5. The van der Waals surface area contributed by atoms with Gasteiger partial charge in [-0.15, -0.1) is 0 Å². The normalized spacial score (nSPS) is 11.9. The molecule has 0 aliphatic heterocycles. The van der Waals surface area contributed by atoms with Crippen LogP contribution in [0.5, 0.6) is 5.75 Å². The van der Waals surface area contributed by atoms with E-state index < -0.39 is 11.8 Å². The van der Waals surface area contributed by atoms with Crippen LogP contribution in [0.3, 0.4) is 0 Å². The summed E-state index contributed by atoms with van der Waals surface area (Å²) >= 11 is 0. The molecule has 0 saturated carbocycles. The van der Waals surface area contributed by atoms with E-state index in [2.05, 4.69) is 0 Å². The molecule has 0 fully saturated rings. The van der Waals surface area contributed by atoms with Crippen LogP contribution in [0, 0.1) is 5.82 Å². The van der Waals surface area contributed by atoms with Gasteiger partial charge in [-0.3, -0.25) is 4.79 Å². The number of rotatable bonds is 4. The van der Waals surface area contributed by atoms with E-state index in [1.54, 1.807) is 43.5 Å². The van der Waals surface area contributed by atoms with Crippen LogP contribution >= 0.6 is 0 Å². The Kier molecular flexibility index (Phi) is 3.80. The maximum atomic E-state index is 12.9. The number of halogens is 1. The summed E-state index contributed by atoms with van der Waals surface area (Å²) in [4.78, 5) is 11.7. The molecule has 0 aliphatic carbocycles. The van der Waals surface area contributed by atoms with Crippen molar-refractivity contribution < 1.29 is 13.9 Å². The summed E-state index contributed by atoms with van der Waals surface area (Å²) in [7, 11) is 1.55. The number of primary amides is 1. The molecule has 1 amide bonds. The molecule has 98 valence electrons. The highest BCUT2D eigenvalue weighted by Crippen LogP contribution is 2.27. The molecule has 2 aromatic rings. The summed E-state index contributed by atoms with van der Waals surface area (Å²) in [5.41, 5.74) is 6.83. The number of carbonyl (C=O) groups excluding carboxylic acids is 1. The number of benzene rings is 2. The SMILES string of the molecule is COc1cccc(C(C(N)=O)c2ccc(F)cc2)c1. The summed E-state index contributed by atoms with van der Waals surface area (Å²) in [5.74, 6) is -0.806. The summed E-state index contributed by atoms with van der Waals surface area (Å²) in [5, 5.41) is 0. The van der Waals surface area contributed by atoms with E-state index in [0.29, 0.717) is 11.3 Å². The molecule has 0 radical (unpaired) electrons. The molecule has 0 heterocycles. The number of nitrogens with two attached hydrogens (primary N) is 1. The van der Waals surface area contributed by atoms with Crippen molar-refractivity contribution in [3.8, 4) is 5.75 Å². The van der Waals surface area contributed by atoms with Crippen LogP contribution in [0.2, 0.25) is 0 Å². The molecular formula is C15H14FNO2. The zero-order valence-corrected chi connectivity index (χ0v) is 10.5. The van der Waals surface area contributed by atoms with E-state index in [4.69, 9.17) is 10.5 Å². The van der Waals surface area contributed by atoms with E-state index in [0.717, 1.165) is 5.56 Å². The fraction of sp³-hybridized carbons (Fsp3) is 0.133. The Bertz CT molecular complexity index is 581. The van der Waals surface area contributed by atoms with Gasteiger partial charge < -0.3 is 10.5 Å². The predicted molar refractivity (Wildman–Crippen MR) is 70.4 cm³/mol. The molecule has 1 unspecified atom stereocenters. The maximum absolute atomic E-state index is 12.9. The average Bonchev–Trinajstić information content (AvgIpc) is 2.41. The van der Waals surface area contributed by atoms with Crippen molar-refractivity contribution in [2.75, 3.05) is 7.11 Å². The Morgan fingerprint density at radius 1 is 1.16 bits per heavy atom. The second-order valence-corrected chi connectivity index (χ2v) is 4.16. The topological polar surface area (TPSA) is 52.3 Å². The highest BCUT2D eigenvalue weighted by atomic mass is 19.1. The van der Waals surface area contributed by atoms with E-state index in [1.807, 2.05) is 0 Å². The lowest BCUT2D eigenvalue weighted by Crippen LogP contribution is -2.22. The van der Waals surface area contributed by atoms with Crippen LogP contribution in [0.15, 0.2) is 48.5 Å². The van der Waals surface area contributed by atoms with Crippen LogP contribution in [0.1, 0.15) is 17.0 Å². The smallest absolute Gasteiger partial charge is 0.229 e. The highest BCUT2D eigenvalue weighted by Gasteiger charge is 2.20. The maximum Gasteiger partial charge on any atom is 0.229 e. The van der Waals surface area contributed by atoms with Crippen molar-refractivity contribution >= 4 is 5.91 Å². The van der Waals surface area contributed by atoms with Gasteiger partial charge in [-0.1, -0.05) is 24.3 Å². The van der Waals surface area contributed by atoms with Gasteiger partial charge in [0.05, 0.1) is 13.0 Å². The van der Waals surface area contributed by atoms with Crippen LogP contribution in [0.25, 0.3) is 0 Å². The van der Waals surface area contributed by atoms with Crippen LogP contribution in [-0.4, -0.2) is 13.0 Å². The van der Waals surface area contributed by atoms with Crippen LogP contribution in [-0.2, 0) is 4.79 Å². The summed E-state index contributed by atoms with van der Waals surface area (Å²) in [6.07, 6.45) is 0. The lowest BCUT2D eigenvalue weighted by atomic mass is 9.90. The number of methoxy groups -OCH3 is 1. The summed E-state index contributed by atoms with van der Waals surface area (Å²) in [6, 6.07) is 12.9. The zero-order chi connectivity index (χ0) is 13.8. The molecule has 1 atom stereocenters. The van der Waals surface area contributed by atoms with Gasteiger partial charge >= 0.3 is 0 Å². The lowest BCUT2D eigenvalue weighted by Gasteiger charge is -2.15. The van der Waals surface area contributed by atoms with Crippen molar-refractivity contribution in [2.45, 2.75) is 5.92 Å². The minimum absolute atomic E-state index is 0.349. The van der Waals surface area contributed by atoms with Crippen molar-refractivity contribution in [3.05, 3.63) is 65.5 Å². The Morgan fingerprint density at radius 2 is 1.84 bits per heavy atom. The van der Waals surface area contributed by atoms with Gasteiger partial charge in [0.15, 0.2) is 0 Å².